The molecule has 0 aliphatic carbocycles. The number of ether oxygens (including phenoxy) is 2. The third-order valence-electron chi connectivity index (χ3n) is 3.37. The second-order valence-corrected chi connectivity index (χ2v) is 6.77. The molecule has 0 bridgehead atoms. The number of aryl methyl sites for hydroxylation is 1. The lowest BCUT2D eigenvalue weighted by Crippen LogP contribution is -2.27. The summed E-state index contributed by atoms with van der Waals surface area (Å²) in [6.07, 6.45) is 0. The summed E-state index contributed by atoms with van der Waals surface area (Å²) < 4.78 is 37.3. The first-order chi connectivity index (χ1) is 10.4. The maximum atomic E-state index is 12.9. The quantitative estimate of drug-likeness (QED) is 0.850. The van der Waals surface area contributed by atoms with Crippen molar-refractivity contribution in [1.29, 1.82) is 0 Å². The molecule has 0 saturated heterocycles. The molecule has 0 radical (unpaired) electrons. The monoisotopic (exact) mass is 321 g/mol. The Morgan fingerprint density at radius 3 is 2.36 bits per heavy atom. The second-order valence-electron chi connectivity index (χ2n) is 4.83. The first-order valence-corrected chi connectivity index (χ1v) is 8.12. The van der Waals surface area contributed by atoms with E-state index in [9.17, 15) is 8.42 Å². The fraction of sp³-hybridized carbons (Fsp3) is 0.250. The number of anilines is 1. The van der Waals surface area contributed by atoms with Crippen molar-refractivity contribution in [3.8, 4) is 11.5 Å². The summed E-state index contributed by atoms with van der Waals surface area (Å²) in [5.41, 5.74) is 1.36. The molecule has 0 atom stereocenters. The minimum atomic E-state index is -3.73. The first kappa shape index (κ1) is 16.2. The zero-order valence-electron chi connectivity index (χ0n) is 13.0. The van der Waals surface area contributed by atoms with Crippen LogP contribution in [-0.4, -0.2) is 29.7 Å². The molecule has 0 N–H and O–H groups in total. The van der Waals surface area contributed by atoms with Crippen LogP contribution in [0.2, 0.25) is 0 Å². The smallest absolute Gasteiger partial charge is 0.267 e. The molecule has 0 amide bonds. The van der Waals surface area contributed by atoms with Crippen LogP contribution in [0.25, 0.3) is 0 Å². The Morgan fingerprint density at radius 1 is 1.00 bits per heavy atom. The number of methoxy groups -OCH3 is 2. The second kappa shape index (κ2) is 6.27. The number of hydrogen-bond acceptors (Lipinski definition) is 4. The minimum Gasteiger partial charge on any atom is -0.497 e. The van der Waals surface area contributed by atoms with Gasteiger partial charge in [-0.05, 0) is 36.8 Å². The average molecular weight is 321 g/mol. The maximum Gasteiger partial charge on any atom is 0.267 e. The Bertz CT molecular complexity index is 771. The lowest BCUT2D eigenvalue weighted by Gasteiger charge is -2.21. The van der Waals surface area contributed by atoms with Gasteiger partial charge in [0.2, 0.25) is 0 Å². The molecule has 0 spiro atoms. The summed E-state index contributed by atoms with van der Waals surface area (Å²) in [5, 5.41) is 0. The van der Waals surface area contributed by atoms with Crippen LogP contribution in [0.4, 0.5) is 5.69 Å². The molecule has 0 unspecified atom stereocenters. The van der Waals surface area contributed by atoms with Gasteiger partial charge in [0.1, 0.15) is 16.4 Å². The van der Waals surface area contributed by atoms with Gasteiger partial charge in [0, 0.05) is 13.1 Å². The molecule has 0 saturated carbocycles. The molecule has 0 aromatic heterocycles. The molecule has 0 fully saturated rings. The maximum absolute atomic E-state index is 12.9. The van der Waals surface area contributed by atoms with E-state index in [2.05, 4.69) is 0 Å². The van der Waals surface area contributed by atoms with E-state index in [1.165, 1.54) is 25.6 Å². The summed E-state index contributed by atoms with van der Waals surface area (Å²) in [6, 6.07) is 11.9. The van der Waals surface area contributed by atoms with Crippen molar-refractivity contribution >= 4 is 15.7 Å². The van der Waals surface area contributed by atoms with Gasteiger partial charge < -0.3 is 9.47 Å². The van der Waals surface area contributed by atoms with Crippen LogP contribution in [0.3, 0.4) is 0 Å². The molecule has 0 aliphatic rings. The van der Waals surface area contributed by atoms with Crippen molar-refractivity contribution in [3.63, 3.8) is 0 Å². The van der Waals surface area contributed by atoms with E-state index in [4.69, 9.17) is 9.47 Å². The van der Waals surface area contributed by atoms with Crippen LogP contribution in [0.1, 0.15) is 5.56 Å². The fourth-order valence-electron chi connectivity index (χ4n) is 2.08. The lowest BCUT2D eigenvalue weighted by molar-refractivity contribution is 0.402. The number of nitrogens with zero attached hydrogens (tertiary/aromatic N) is 1. The molecular weight excluding hydrogens is 302 g/mol. The molecule has 0 heterocycles. The number of rotatable bonds is 5. The Labute approximate surface area is 131 Å². The Kier molecular flexibility index (Phi) is 4.61. The van der Waals surface area contributed by atoms with Crippen LogP contribution in [0.15, 0.2) is 47.4 Å². The normalized spacial score (nSPS) is 11.1. The van der Waals surface area contributed by atoms with E-state index in [0.29, 0.717) is 17.2 Å². The third-order valence-corrected chi connectivity index (χ3v) is 5.18. The van der Waals surface area contributed by atoms with E-state index < -0.39 is 10.0 Å². The predicted molar refractivity (Wildman–Crippen MR) is 86.3 cm³/mol. The molecular formula is C16H19NO4S. The van der Waals surface area contributed by atoms with Crippen LogP contribution in [0.5, 0.6) is 11.5 Å². The van der Waals surface area contributed by atoms with Gasteiger partial charge in [0.15, 0.2) is 0 Å². The number of sulfonamides is 1. The summed E-state index contributed by atoms with van der Waals surface area (Å²) in [7, 11) is 0.769. The van der Waals surface area contributed by atoms with Crippen molar-refractivity contribution in [1.82, 2.24) is 0 Å². The van der Waals surface area contributed by atoms with Gasteiger partial charge >= 0.3 is 0 Å². The van der Waals surface area contributed by atoms with Crippen molar-refractivity contribution in [3.05, 3.63) is 48.0 Å². The molecule has 2 aromatic rings. The first-order valence-electron chi connectivity index (χ1n) is 6.67. The SMILES string of the molecule is COc1cccc(N(C)S(=O)(=O)c2cc(C)ccc2OC)c1. The Balaban J connectivity index is 2.52. The molecule has 2 aromatic carbocycles. The molecule has 2 rings (SSSR count). The van der Waals surface area contributed by atoms with E-state index in [1.807, 2.05) is 13.0 Å². The van der Waals surface area contributed by atoms with Crippen LogP contribution >= 0.6 is 0 Å². The van der Waals surface area contributed by atoms with Crippen LogP contribution in [-0.2, 0) is 10.0 Å². The van der Waals surface area contributed by atoms with E-state index in [0.717, 1.165) is 5.56 Å². The fourth-order valence-corrected chi connectivity index (χ4v) is 3.50. The van der Waals surface area contributed by atoms with Crippen molar-refractivity contribution in [2.24, 2.45) is 0 Å². The Hall–Kier alpha value is -2.21. The van der Waals surface area contributed by atoms with Crippen molar-refractivity contribution < 1.29 is 17.9 Å². The van der Waals surface area contributed by atoms with Gasteiger partial charge in [0.25, 0.3) is 10.0 Å². The Morgan fingerprint density at radius 2 is 1.73 bits per heavy atom. The molecule has 6 heteroatoms. The summed E-state index contributed by atoms with van der Waals surface area (Å²) in [5.74, 6) is 0.913. The topological polar surface area (TPSA) is 55.8 Å². The van der Waals surface area contributed by atoms with Gasteiger partial charge in [-0.15, -0.1) is 0 Å². The molecule has 5 nitrogen and oxygen atoms in total. The van der Waals surface area contributed by atoms with Gasteiger partial charge in [-0.3, -0.25) is 4.31 Å². The van der Waals surface area contributed by atoms with E-state index in [1.54, 1.807) is 36.4 Å². The van der Waals surface area contributed by atoms with E-state index >= 15 is 0 Å². The molecule has 0 aliphatic heterocycles. The highest BCUT2D eigenvalue weighted by molar-refractivity contribution is 7.92. The summed E-state index contributed by atoms with van der Waals surface area (Å²) in [6.45, 7) is 1.84. The van der Waals surface area contributed by atoms with Gasteiger partial charge in [-0.25, -0.2) is 8.42 Å². The summed E-state index contributed by atoms with van der Waals surface area (Å²) >= 11 is 0. The van der Waals surface area contributed by atoms with Crippen molar-refractivity contribution in [2.45, 2.75) is 11.8 Å². The van der Waals surface area contributed by atoms with Crippen LogP contribution in [0, 0.1) is 6.92 Å². The van der Waals surface area contributed by atoms with Gasteiger partial charge in [-0.1, -0.05) is 12.1 Å². The molecule has 22 heavy (non-hydrogen) atoms. The zero-order chi connectivity index (χ0) is 16.3. The highest BCUT2D eigenvalue weighted by Gasteiger charge is 2.25. The zero-order valence-corrected chi connectivity index (χ0v) is 13.8. The van der Waals surface area contributed by atoms with Crippen LogP contribution < -0.4 is 13.8 Å². The number of benzene rings is 2. The largest absolute Gasteiger partial charge is 0.497 e. The predicted octanol–water partition coefficient (Wildman–Crippen LogP) is 2.84. The molecule has 118 valence electrons. The highest BCUT2D eigenvalue weighted by Crippen LogP contribution is 2.31. The van der Waals surface area contributed by atoms with E-state index in [-0.39, 0.29) is 4.90 Å². The average Bonchev–Trinajstić information content (AvgIpc) is 2.54. The summed E-state index contributed by atoms with van der Waals surface area (Å²) in [4.78, 5) is 0.139. The lowest BCUT2D eigenvalue weighted by atomic mass is 10.2. The third kappa shape index (κ3) is 3.01. The van der Waals surface area contributed by atoms with Gasteiger partial charge in [-0.2, -0.15) is 0 Å². The highest BCUT2D eigenvalue weighted by atomic mass is 32.2. The standard InChI is InChI=1S/C16H19NO4S/c1-12-8-9-15(21-4)16(10-12)22(18,19)17(2)13-6-5-7-14(11-13)20-3/h5-11H,1-4H3. The van der Waals surface area contributed by atoms with Crippen molar-refractivity contribution in [2.75, 3.05) is 25.6 Å². The minimum absolute atomic E-state index is 0.139. The number of hydrogen-bond donors (Lipinski definition) is 0. The van der Waals surface area contributed by atoms with Gasteiger partial charge in [0.05, 0.1) is 19.9 Å².